The molecule has 2 N–H and O–H groups in total. The molecule has 0 amide bonds. The summed E-state index contributed by atoms with van der Waals surface area (Å²) in [6.45, 7) is 2.90. The summed E-state index contributed by atoms with van der Waals surface area (Å²) in [5.41, 5.74) is 2.28. The molecule has 0 aliphatic heterocycles. The minimum atomic E-state index is -0.523. The normalized spacial score (nSPS) is 12.1. The molecule has 0 saturated carbocycles. The number of rotatable bonds is 7. The van der Waals surface area contributed by atoms with Gasteiger partial charge >= 0.3 is 0 Å². The van der Waals surface area contributed by atoms with Gasteiger partial charge in [-0.1, -0.05) is 19.1 Å². The number of ether oxygens (including phenoxy) is 1. The minimum Gasteiger partial charge on any atom is -0.491 e. The first-order valence-electron chi connectivity index (χ1n) is 6.44. The van der Waals surface area contributed by atoms with E-state index in [2.05, 4.69) is 18.3 Å². The van der Waals surface area contributed by atoms with Gasteiger partial charge in [-0.3, -0.25) is 0 Å². The first-order chi connectivity index (χ1) is 9.28. The highest BCUT2D eigenvalue weighted by Crippen LogP contribution is 2.14. The van der Waals surface area contributed by atoms with Crippen molar-refractivity contribution in [2.45, 2.75) is 19.4 Å². The number of hydrogen-bond donors (Lipinski definition) is 2. The van der Waals surface area contributed by atoms with E-state index in [1.54, 1.807) is 11.3 Å². The number of aryl methyl sites for hydroxylation is 1. The summed E-state index contributed by atoms with van der Waals surface area (Å²) in [7, 11) is 0. The second-order valence-electron chi connectivity index (χ2n) is 4.36. The van der Waals surface area contributed by atoms with Crippen LogP contribution in [0.4, 0.5) is 5.69 Å². The highest BCUT2D eigenvalue weighted by molar-refractivity contribution is 7.08. The van der Waals surface area contributed by atoms with Crippen molar-refractivity contribution >= 4 is 17.0 Å². The fraction of sp³-hybridized carbons (Fsp3) is 0.333. The van der Waals surface area contributed by atoms with Gasteiger partial charge in [0.05, 0.1) is 0 Å². The second-order valence-corrected chi connectivity index (χ2v) is 5.14. The molecule has 4 heteroatoms. The predicted molar refractivity (Wildman–Crippen MR) is 80.1 cm³/mol. The van der Waals surface area contributed by atoms with E-state index < -0.39 is 6.10 Å². The fourth-order valence-corrected chi connectivity index (χ4v) is 2.32. The molecule has 0 radical (unpaired) electrons. The van der Waals surface area contributed by atoms with Gasteiger partial charge in [-0.15, -0.1) is 0 Å². The van der Waals surface area contributed by atoms with Gasteiger partial charge in [-0.05, 0) is 35.6 Å². The maximum absolute atomic E-state index is 9.85. The maximum Gasteiger partial charge on any atom is 0.119 e. The number of anilines is 1. The third-order valence-electron chi connectivity index (χ3n) is 2.81. The Morgan fingerprint density at radius 1 is 1.37 bits per heavy atom. The molecule has 0 spiro atoms. The zero-order valence-electron chi connectivity index (χ0n) is 11.0. The fourth-order valence-electron chi connectivity index (χ4n) is 1.71. The molecule has 2 rings (SSSR count). The van der Waals surface area contributed by atoms with Crippen LogP contribution < -0.4 is 10.1 Å². The van der Waals surface area contributed by atoms with E-state index in [4.69, 9.17) is 4.74 Å². The first kappa shape index (κ1) is 13.9. The van der Waals surface area contributed by atoms with Crippen LogP contribution in [0.3, 0.4) is 0 Å². The number of hydrogen-bond acceptors (Lipinski definition) is 4. The van der Waals surface area contributed by atoms with Crippen LogP contribution >= 0.6 is 11.3 Å². The Bertz CT molecular complexity index is 485. The summed E-state index contributed by atoms with van der Waals surface area (Å²) >= 11 is 1.63. The number of nitrogens with one attached hydrogen (secondary N) is 1. The molecule has 0 aliphatic rings. The van der Waals surface area contributed by atoms with E-state index in [0.29, 0.717) is 13.2 Å². The molecule has 1 aromatic carbocycles. The lowest BCUT2D eigenvalue weighted by Gasteiger charge is -2.13. The standard InChI is InChI=1S/C15H19NO2S/c1-2-12-4-3-5-15(8-12)18-10-14(17)9-16-13-6-7-19-11-13/h3-8,11,14,16-17H,2,9-10H2,1H3. The predicted octanol–water partition coefficient (Wildman–Crippen LogP) is 3.16. The van der Waals surface area contributed by atoms with Crippen LogP contribution in [0.15, 0.2) is 41.1 Å². The highest BCUT2D eigenvalue weighted by atomic mass is 32.1. The van der Waals surface area contributed by atoms with Crippen LogP contribution in [0.5, 0.6) is 5.75 Å². The molecular formula is C15H19NO2S. The van der Waals surface area contributed by atoms with Crippen molar-refractivity contribution in [3.63, 3.8) is 0 Å². The van der Waals surface area contributed by atoms with E-state index in [1.165, 1.54) is 5.56 Å². The molecule has 1 aromatic heterocycles. The molecule has 1 heterocycles. The minimum absolute atomic E-state index is 0.296. The quantitative estimate of drug-likeness (QED) is 0.817. The lowest BCUT2D eigenvalue weighted by molar-refractivity contribution is 0.117. The van der Waals surface area contributed by atoms with Gasteiger partial charge in [0, 0.05) is 17.6 Å². The zero-order valence-corrected chi connectivity index (χ0v) is 11.8. The van der Waals surface area contributed by atoms with Crippen molar-refractivity contribution in [1.82, 2.24) is 0 Å². The van der Waals surface area contributed by atoms with E-state index >= 15 is 0 Å². The topological polar surface area (TPSA) is 41.5 Å². The van der Waals surface area contributed by atoms with Crippen molar-refractivity contribution < 1.29 is 9.84 Å². The molecule has 0 aliphatic carbocycles. The largest absolute Gasteiger partial charge is 0.491 e. The first-order valence-corrected chi connectivity index (χ1v) is 7.38. The van der Waals surface area contributed by atoms with Gasteiger partial charge < -0.3 is 15.2 Å². The number of aliphatic hydroxyl groups is 1. The Labute approximate surface area is 117 Å². The van der Waals surface area contributed by atoms with Crippen LogP contribution in [0.2, 0.25) is 0 Å². The van der Waals surface area contributed by atoms with Gasteiger partial charge in [0.15, 0.2) is 0 Å². The van der Waals surface area contributed by atoms with E-state index in [0.717, 1.165) is 17.9 Å². The third kappa shape index (κ3) is 4.58. The molecule has 0 bridgehead atoms. The highest BCUT2D eigenvalue weighted by Gasteiger charge is 2.05. The van der Waals surface area contributed by atoms with Crippen LogP contribution in [0.1, 0.15) is 12.5 Å². The molecular weight excluding hydrogens is 258 g/mol. The summed E-state index contributed by atoms with van der Waals surface area (Å²) in [5.74, 6) is 0.814. The average Bonchev–Trinajstić information content (AvgIpc) is 2.96. The molecule has 3 nitrogen and oxygen atoms in total. The van der Waals surface area contributed by atoms with Crippen molar-refractivity contribution in [3.05, 3.63) is 46.7 Å². The molecule has 1 unspecified atom stereocenters. The molecule has 102 valence electrons. The van der Waals surface area contributed by atoms with Crippen LogP contribution in [-0.4, -0.2) is 24.4 Å². The van der Waals surface area contributed by atoms with E-state index in [9.17, 15) is 5.11 Å². The molecule has 1 atom stereocenters. The summed E-state index contributed by atoms with van der Waals surface area (Å²) in [4.78, 5) is 0. The van der Waals surface area contributed by atoms with Crippen LogP contribution in [-0.2, 0) is 6.42 Å². The number of aliphatic hydroxyl groups excluding tert-OH is 1. The zero-order chi connectivity index (χ0) is 13.5. The molecule has 2 aromatic rings. The Morgan fingerprint density at radius 3 is 3.00 bits per heavy atom. The van der Waals surface area contributed by atoms with Crippen molar-refractivity contribution in [1.29, 1.82) is 0 Å². The average molecular weight is 277 g/mol. The summed E-state index contributed by atoms with van der Waals surface area (Å²) in [6.07, 6.45) is 0.463. The Morgan fingerprint density at radius 2 is 2.26 bits per heavy atom. The van der Waals surface area contributed by atoms with Crippen LogP contribution in [0.25, 0.3) is 0 Å². The third-order valence-corrected chi connectivity index (χ3v) is 3.50. The summed E-state index contributed by atoms with van der Waals surface area (Å²) in [6, 6.07) is 9.96. The van der Waals surface area contributed by atoms with Crippen molar-refractivity contribution in [3.8, 4) is 5.75 Å². The van der Waals surface area contributed by atoms with Gasteiger partial charge in [0.2, 0.25) is 0 Å². The van der Waals surface area contributed by atoms with Crippen LogP contribution in [0, 0.1) is 0 Å². The van der Waals surface area contributed by atoms with Gasteiger partial charge in [0.1, 0.15) is 18.5 Å². The lowest BCUT2D eigenvalue weighted by Crippen LogP contribution is -2.26. The van der Waals surface area contributed by atoms with Crippen molar-refractivity contribution in [2.24, 2.45) is 0 Å². The Hall–Kier alpha value is -1.52. The van der Waals surface area contributed by atoms with Crippen molar-refractivity contribution in [2.75, 3.05) is 18.5 Å². The number of thiophene rings is 1. The van der Waals surface area contributed by atoms with E-state index in [1.807, 2.05) is 35.0 Å². The number of benzene rings is 1. The Kier molecular flexibility index (Phi) is 5.24. The smallest absolute Gasteiger partial charge is 0.119 e. The lowest BCUT2D eigenvalue weighted by atomic mass is 10.2. The van der Waals surface area contributed by atoms with E-state index in [-0.39, 0.29) is 0 Å². The maximum atomic E-state index is 9.85. The van der Waals surface area contributed by atoms with Gasteiger partial charge in [0.25, 0.3) is 0 Å². The summed E-state index contributed by atoms with van der Waals surface area (Å²) < 4.78 is 5.59. The molecule has 0 saturated heterocycles. The molecule has 19 heavy (non-hydrogen) atoms. The monoisotopic (exact) mass is 277 g/mol. The second kappa shape index (κ2) is 7.16. The molecule has 0 fully saturated rings. The van der Waals surface area contributed by atoms with Gasteiger partial charge in [-0.2, -0.15) is 11.3 Å². The summed E-state index contributed by atoms with van der Waals surface area (Å²) in [5, 5.41) is 17.0. The van der Waals surface area contributed by atoms with Gasteiger partial charge in [-0.25, -0.2) is 0 Å². The SMILES string of the molecule is CCc1cccc(OCC(O)CNc2ccsc2)c1. The Balaban J connectivity index is 1.74.